The smallest absolute Gasteiger partial charge is 0.234 e. The van der Waals surface area contributed by atoms with Gasteiger partial charge in [0.05, 0.1) is 13.2 Å². The largest absolute Gasteiger partial charge is 0.381 e. The van der Waals surface area contributed by atoms with Crippen molar-refractivity contribution in [1.82, 2.24) is 10.6 Å². The molecule has 0 spiro atoms. The summed E-state index contributed by atoms with van der Waals surface area (Å²) in [5.41, 5.74) is 0. The molecule has 0 aliphatic carbocycles. The maximum atomic E-state index is 11.6. The van der Waals surface area contributed by atoms with Gasteiger partial charge < -0.3 is 15.4 Å². The molecule has 1 heterocycles. The average Bonchev–Trinajstić information content (AvgIpc) is 2.37. The molecule has 1 amide bonds. The van der Waals surface area contributed by atoms with Crippen LogP contribution in [0.5, 0.6) is 0 Å². The zero-order valence-corrected chi connectivity index (χ0v) is 11.1. The molecular weight excluding hydrogens is 216 g/mol. The number of carbonyl (C=O) groups is 1. The van der Waals surface area contributed by atoms with Gasteiger partial charge in [0.1, 0.15) is 0 Å². The maximum absolute atomic E-state index is 11.6. The number of rotatable bonds is 7. The van der Waals surface area contributed by atoms with Crippen molar-refractivity contribution in [3.05, 3.63) is 0 Å². The third-order valence-electron chi connectivity index (χ3n) is 3.32. The molecule has 0 aromatic heterocycles. The van der Waals surface area contributed by atoms with Gasteiger partial charge in [-0.25, -0.2) is 0 Å². The van der Waals surface area contributed by atoms with Crippen molar-refractivity contribution in [2.45, 2.75) is 45.6 Å². The molecule has 0 radical (unpaired) electrons. The van der Waals surface area contributed by atoms with Gasteiger partial charge in [-0.3, -0.25) is 4.79 Å². The summed E-state index contributed by atoms with van der Waals surface area (Å²) in [6, 6.07) is 0.322. The van der Waals surface area contributed by atoms with E-state index >= 15 is 0 Å². The van der Waals surface area contributed by atoms with Crippen LogP contribution in [-0.4, -0.2) is 38.3 Å². The van der Waals surface area contributed by atoms with Crippen molar-refractivity contribution in [3.63, 3.8) is 0 Å². The summed E-state index contributed by atoms with van der Waals surface area (Å²) >= 11 is 0. The lowest BCUT2D eigenvalue weighted by atomic mass is 10.0. The lowest BCUT2D eigenvalue weighted by Gasteiger charge is -2.22. The molecule has 4 nitrogen and oxygen atoms in total. The minimum Gasteiger partial charge on any atom is -0.381 e. The molecule has 1 rings (SSSR count). The van der Waals surface area contributed by atoms with Crippen molar-refractivity contribution in [3.8, 4) is 0 Å². The summed E-state index contributed by atoms with van der Waals surface area (Å²) in [4.78, 5) is 11.6. The number of ether oxygens (including phenoxy) is 1. The van der Waals surface area contributed by atoms with Crippen molar-refractivity contribution >= 4 is 5.91 Å². The molecule has 2 N–H and O–H groups in total. The Labute approximate surface area is 104 Å². The molecule has 17 heavy (non-hydrogen) atoms. The number of amides is 1. The normalized spacial score (nSPS) is 20.5. The van der Waals surface area contributed by atoms with Gasteiger partial charge in [0.15, 0.2) is 0 Å². The lowest BCUT2D eigenvalue weighted by molar-refractivity contribution is -0.121. The molecule has 1 saturated heterocycles. The Hall–Kier alpha value is -0.610. The first-order valence-electron chi connectivity index (χ1n) is 6.84. The maximum Gasteiger partial charge on any atom is 0.234 e. The van der Waals surface area contributed by atoms with Gasteiger partial charge in [0, 0.05) is 19.2 Å². The quantitative estimate of drug-likeness (QED) is 0.707. The first-order chi connectivity index (χ1) is 8.26. The van der Waals surface area contributed by atoms with Crippen LogP contribution in [0.2, 0.25) is 0 Å². The van der Waals surface area contributed by atoms with Gasteiger partial charge in [-0.15, -0.1) is 0 Å². The predicted octanol–water partition coefficient (Wildman–Crippen LogP) is 1.31. The van der Waals surface area contributed by atoms with E-state index in [-0.39, 0.29) is 5.91 Å². The molecule has 1 atom stereocenters. The molecular formula is C13H26N2O2. The van der Waals surface area contributed by atoms with Crippen LogP contribution in [-0.2, 0) is 9.53 Å². The molecule has 0 bridgehead atoms. The molecule has 4 heteroatoms. The number of hydrogen-bond donors (Lipinski definition) is 2. The highest BCUT2D eigenvalue weighted by Gasteiger charge is 2.14. The van der Waals surface area contributed by atoms with Gasteiger partial charge in [-0.05, 0) is 31.6 Å². The third-order valence-corrected chi connectivity index (χ3v) is 3.32. The highest BCUT2D eigenvalue weighted by Crippen LogP contribution is 2.11. The van der Waals surface area contributed by atoms with Gasteiger partial charge >= 0.3 is 0 Å². The summed E-state index contributed by atoms with van der Waals surface area (Å²) in [5.74, 6) is 0.681. The van der Waals surface area contributed by atoms with Crippen LogP contribution in [0.25, 0.3) is 0 Å². The van der Waals surface area contributed by atoms with Crippen molar-refractivity contribution in [2.75, 3.05) is 26.3 Å². The van der Waals surface area contributed by atoms with Crippen LogP contribution in [0, 0.1) is 5.92 Å². The molecule has 1 aliphatic rings. The van der Waals surface area contributed by atoms with Crippen LogP contribution in [0.15, 0.2) is 0 Å². The minimum absolute atomic E-state index is 0.107. The van der Waals surface area contributed by atoms with Gasteiger partial charge in [0.2, 0.25) is 5.91 Å². The van der Waals surface area contributed by atoms with E-state index in [2.05, 4.69) is 24.5 Å². The Morgan fingerprint density at radius 2 is 2.18 bits per heavy atom. The second kappa shape index (κ2) is 8.48. The van der Waals surface area contributed by atoms with Crippen LogP contribution >= 0.6 is 0 Å². The molecule has 0 aromatic rings. The molecule has 1 aliphatic heterocycles. The van der Waals surface area contributed by atoms with E-state index in [9.17, 15) is 4.79 Å². The van der Waals surface area contributed by atoms with E-state index < -0.39 is 0 Å². The highest BCUT2D eigenvalue weighted by molar-refractivity contribution is 5.78. The second-order valence-corrected chi connectivity index (χ2v) is 4.80. The zero-order valence-electron chi connectivity index (χ0n) is 11.1. The fourth-order valence-corrected chi connectivity index (χ4v) is 2.13. The fraction of sp³-hybridized carbons (Fsp3) is 0.923. The number of carbonyl (C=O) groups excluding carboxylic acids is 1. The topological polar surface area (TPSA) is 50.4 Å². The van der Waals surface area contributed by atoms with Crippen LogP contribution in [0.3, 0.4) is 0 Å². The van der Waals surface area contributed by atoms with Crippen LogP contribution in [0.1, 0.15) is 39.5 Å². The summed E-state index contributed by atoms with van der Waals surface area (Å²) in [7, 11) is 0. The number of hydrogen-bond acceptors (Lipinski definition) is 3. The minimum atomic E-state index is 0.107. The van der Waals surface area contributed by atoms with Crippen molar-refractivity contribution < 1.29 is 9.53 Å². The Morgan fingerprint density at radius 3 is 2.76 bits per heavy atom. The van der Waals surface area contributed by atoms with Crippen LogP contribution < -0.4 is 10.6 Å². The summed E-state index contributed by atoms with van der Waals surface area (Å²) in [6.45, 7) is 7.23. The molecule has 0 saturated carbocycles. The predicted molar refractivity (Wildman–Crippen MR) is 68.9 cm³/mol. The first-order valence-corrected chi connectivity index (χ1v) is 6.84. The Morgan fingerprint density at radius 1 is 1.41 bits per heavy atom. The molecule has 100 valence electrons. The SMILES string of the molecule is CCC(CC)NC(=O)CNCC1CCCOC1. The van der Waals surface area contributed by atoms with Crippen molar-refractivity contribution in [2.24, 2.45) is 5.92 Å². The van der Waals surface area contributed by atoms with Crippen molar-refractivity contribution in [1.29, 1.82) is 0 Å². The van der Waals surface area contributed by atoms with Gasteiger partial charge in [0.25, 0.3) is 0 Å². The Bertz CT molecular complexity index is 211. The highest BCUT2D eigenvalue weighted by atomic mass is 16.5. The monoisotopic (exact) mass is 242 g/mol. The van der Waals surface area contributed by atoms with E-state index in [0.717, 1.165) is 39.0 Å². The second-order valence-electron chi connectivity index (χ2n) is 4.80. The van der Waals surface area contributed by atoms with E-state index in [0.29, 0.717) is 18.5 Å². The summed E-state index contributed by atoms with van der Waals surface area (Å²) in [6.07, 6.45) is 4.35. The van der Waals surface area contributed by atoms with Gasteiger partial charge in [-0.1, -0.05) is 13.8 Å². The molecule has 1 fully saturated rings. The molecule has 1 unspecified atom stereocenters. The van der Waals surface area contributed by atoms with E-state index in [1.54, 1.807) is 0 Å². The van der Waals surface area contributed by atoms with Crippen LogP contribution in [0.4, 0.5) is 0 Å². The lowest BCUT2D eigenvalue weighted by Crippen LogP contribution is -2.41. The van der Waals surface area contributed by atoms with Gasteiger partial charge in [-0.2, -0.15) is 0 Å². The number of nitrogens with one attached hydrogen (secondary N) is 2. The van der Waals surface area contributed by atoms with E-state index in [1.807, 2.05) is 0 Å². The molecule has 0 aromatic carbocycles. The fourth-order valence-electron chi connectivity index (χ4n) is 2.13. The first kappa shape index (κ1) is 14.5. The average molecular weight is 242 g/mol. The summed E-state index contributed by atoms with van der Waals surface area (Å²) < 4.78 is 5.40. The zero-order chi connectivity index (χ0) is 12.5. The summed E-state index contributed by atoms with van der Waals surface area (Å²) in [5, 5.41) is 6.24. The Kier molecular flexibility index (Phi) is 7.21. The van der Waals surface area contributed by atoms with E-state index in [1.165, 1.54) is 6.42 Å². The standard InChI is InChI=1S/C13H26N2O2/c1-3-12(4-2)15-13(16)9-14-8-11-6-5-7-17-10-11/h11-12,14H,3-10H2,1-2H3,(H,15,16). The van der Waals surface area contributed by atoms with E-state index in [4.69, 9.17) is 4.74 Å². The Balaban J connectivity index is 2.06. The third kappa shape index (κ3) is 6.03.